The van der Waals surface area contributed by atoms with Gasteiger partial charge in [-0.05, 0) is 61.8 Å². The molecular weight excluding hydrogens is 464 g/mol. The number of fused-ring (bicyclic) bond motifs is 1. The predicted molar refractivity (Wildman–Crippen MR) is 146 cm³/mol. The molecule has 37 heavy (non-hydrogen) atoms. The molecule has 190 valence electrons. The van der Waals surface area contributed by atoms with E-state index >= 15 is 0 Å². The van der Waals surface area contributed by atoms with Crippen molar-refractivity contribution < 1.29 is 9.53 Å². The second-order valence-electron chi connectivity index (χ2n) is 9.95. The lowest BCUT2D eigenvalue weighted by Crippen LogP contribution is -2.38. The zero-order chi connectivity index (χ0) is 26.1. The molecule has 1 atom stereocenters. The zero-order valence-electron chi connectivity index (χ0n) is 21.5. The molecule has 0 aliphatic heterocycles. The van der Waals surface area contributed by atoms with Crippen LogP contribution in [0.3, 0.4) is 0 Å². The van der Waals surface area contributed by atoms with Crippen LogP contribution in [0.4, 0.5) is 0 Å². The summed E-state index contributed by atoms with van der Waals surface area (Å²) in [5.74, 6) is -0.121. The van der Waals surface area contributed by atoms with Crippen LogP contribution in [0.25, 0.3) is 33.6 Å². The van der Waals surface area contributed by atoms with E-state index in [1.807, 2.05) is 51.1 Å². The molecule has 0 saturated heterocycles. The average molecular weight is 497 g/mol. The standard InChI is InChI=1S/C30H32N4O3/c1-18(2)26(31)30(36)37-23-16-14-21(15-17-23)24-19(3)32-28-25(20-10-6-4-7-11-20)27(33-34(28)29(24)35)22-12-8-5-9-13-22/h5,8-10,12-18,26,33H,4,6-7,11,31H2,1-3H3. The highest BCUT2D eigenvalue weighted by atomic mass is 16.5. The van der Waals surface area contributed by atoms with E-state index in [2.05, 4.69) is 11.2 Å². The van der Waals surface area contributed by atoms with Crippen molar-refractivity contribution in [3.05, 3.63) is 82.3 Å². The monoisotopic (exact) mass is 496 g/mol. The Morgan fingerprint density at radius 3 is 2.41 bits per heavy atom. The molecule has 1 unspecified atom stereocenters. The lowest BCUT2D eigenvalue weighted by atomic mass is 9.92. The fraction of sp³-hybridized carbons (Fsp3) is 0.300. The number of hydrogen-bond donors (Lipinski definition) is 2. The summed E-state index contributed by atoms with van der Waals surface area (Å²) in [6.07, 6.45) is 6.57. The Balaban J connectivity index is 1.59. The van der Waals surface area contributed by atoms with Crippen LogP contribution in [0.2, 0.25) is 0 Å². The molecule has 1 aliphatic rings. The summed E-state index contributed by atoms with van der Waals surface area (Å²) in [6, 6.07) is 16.3. The van der Waals surface area contributed by atoms with E-state index in [4.69, 9.17) is 15.5 Å². The number of nitrogens with one attached hydrogen (secondary N) is 1. The molecule has 0 saturated carbocycles. The number of hydrogen-bond acceptors (Lipinski definition) is 5. The number of rotatable bonds is 6. The number of H-pyrrole nitrogens is 1. The van der Waals surface area contributed by atoms with Crippen LogP contribution in [0.15, 0.2) is 65.5 Å². The molecule has 0 spiro atoms. The molecule has 7 nitrogen and oxygen atoms in total. The Bertz CT molecular complexity index is 1530. The van der Waals surface area contributed by atoms with E-state index in [0.717, 1.165) is 36.1 Å². The summed E-state index contributed by atoms with van der Waals surface area (Å²) in [4.78, 5) is 31.0. The predicted octanol–water partition coefficient (Wildman–Crippen LogP) is 5.51. The number of carbonyl (C=O) groups excluding carboxylic acids is 1. The van der Waals surface area contributed by atoms with Crippen LogP contribution in [-0.2, 0) is 4.79 Å². The highest BCUT2D eigenvalue weighted by Crippen LogP contribution is 2.36. The zero-order valence-corrected chi connectivity index (χ0v) is 21.5. The largest absolute Gasteiger partial charge is 0.425 e. The summed E-state index contributed by atoms with van der Waals surface area (Å²) >= 11 is 0. The van der Waals surface area contributed by atoms with Crippen molar-refractivity contribution in [3.8, 4) is 28.1 Å². The molecular formula is C30H32N4O3. The summed E-state index contributed by atoms with van der Waals surface area (Å²) in [6.45, 7) is 5.60. The van der Waals surface area contributed by atoms with Crippen molar-refractivity contribution in [2.75, 3.05) is 0 Å². The van der Waals surface area contributed by atoms with Crippen molar-refractivity contribution in [1.29, 1.82) is 0 Å². The summed E-state index contributed by atoms with van der Waals surface area (Å²) < 4.78 is 6.98. The Kier molecular flexibility index (Phi) is 6.80. The highest BCUT2D eigenvalue weighted by molar-refractivity contribution is 5.88. The van der Waals surface area contributed by atoms with Gasteiger partial charge in [-0.2, -0.15) is 4.52 Å². The Labute approximate surface area is 216 Å². The molecule has 2 aromatic carbocycles. The van der Waals surface area contributed by atoms with Crippen LogP contribution in [-0.4, -0.2) is 26.6 Å². The third kappa shape index (κ3) is 4.74. The number of allylic oxidation sites excluding steroid dienone is 2. The van der Waals surface area contributed by atoms with Crippen LogP contribution in [0.1, 0.15) is 50.8 Å². The Morgan fingerprint density at radius 2 is 1.76 bits per heavy atom. The number of aromatic amines is 1. The van der Waals surface area contributed by atoms with Gasteiger partial charge in [-0.25, -0.2) is 9.78 Å². The van der Waals surface area contributed by atoms with Crippen molar-refractivity contribution in [1.82, 2.24) is 14.6 Å². The number of carbonyl (C=O) groups is 1. The molecule has 2 aromatic heterocycles. The van der Waals surface area contributed by atoms with Gasteiger partial charge in [0, 0.05) is 11.1 Å². The van der Waals surface area contributed by atoms with Gasteiger partial charge < -0.3 is 10.5 Å². The van der Waals surface area contributed by atoms with E-state index < -0.39 is 12.0 Å². The number of aryl methyl sites for hydroxylation is 1. The summed E-state index contributed by atoms with van der Waals surface area (Å²) in [7, 11) is 0. The van der Waals surface area contributed by atoms with Gasteiger partial charge in [-0.1, -0.05) is 62.4 Å². The minimum atomic E-state index is -0.696. The number of aromatic nitrogens is 3. The van der Waals surface area contributed by atoms with E-state index in [9.17, 15) is 9.59 Å². The van der Waals surface area contributed by atoms with Gasteiger partial charge in [0.1, 0.15) is 11.8 Å². The first kappa shape index (κ1) is 24.7. The van der Waals surface area contributed by atoms with E-state index in [-0.39, 0.29) is 11.5 Å². The van der Waals surface area contributed by atoms with Crippen LogP contribution < -0.4 is 16.0 Å². The van der Waals surface area contributed by atoms with Crippen molar-refractivity contribution in [2.24, 2.45) is 11.7 Å². The lowest BCUT2D eigenvalue weighted by Gasteiger charge is -2.14. The fourth-order valence-electron chi connectivity index (χ4n) is 4.84. The molecule has 0 amide bonds. The Morgan fingerprint density at radius 1 is 1.03 bits per heavy atom. The third-order valence-electron chi connectivity index (χ3n) is 6.99. The molecule has 3 N–H and O–H groups in total. The van der Waals surface area contributed by atoms with Crippen LogP contribution in [0.5, 0.6) is 5.75 Å². The molecule has 2 heterocycles. The van der Waals surface area contributed by atoms with Gasteiger partial charge in [0.05, 0.1) is 17.0 Å². The highest BCUT2D eigenvalue weighted by Gasteiger charge is 2.23. The second kappa shape index (κ2) is 10.2. The normalized spacial score (nSPS) is 14.6. The maximum atomic E-state index is 13.8. The molecule has 5 rings (SSSR count). The molecule has 0 bridgehead atoms. The van der Waals surface area contributed by atoms with Gasteiger partial charge in [-0.15, -0.1) is 0 Å². The minimum absolute atomic E-state index is 0.0249. The quantitative estimate of drug-likeness (QED) is 0.271. The first-order valence-electron chi connectivity index (χ1n) is 12.8. The van der Waals surface area contributed by atoms with E-state index in [0.29, 0.717) is 28.2 Å². The number of ether oxygens (including phenoxy) is 1. The molecule has 0 fully saturated rings. The number of nitrogens with zero attached hydrogens (tertiary/aromatic N) is 2. The third-order valence-corrected chi connectivity index (χ3v) is 6.99. The number of benzene rings is 2. The van der Waals surface area contributed by atoms with E-state index in [1.54, 1.807) is 28.8 Å². The fourth-order valence-corrected chi connectivity index (χ4v) is 4.84. The summed E-state index contributed by atoms with van der Waals surface area (Å²) in [5.41, 5.74) is 12.4. The van der Waals surface area contributed by atoms with E-state index in [1.165, 1.54) is 12.0 Å². The maximum Gasteiger partial charge on any atom is 0.328 e. The first-order valence-corrected chi connectivity index (χ1v) is 12.8. The maximum absolute atomic E-state index is 13.8. The van der Waals surface area contributed by atoms with Crippen molar-refractivity contribution in [2.45, 2.75) is 52.5 Å². The van der Waals surface area contributed by atoms with Gasteiger partial charge in [0.25, 0.3) is 5.56 Å². The molecule has 7 heteroatoms. The van der Waals surface area contributed by atoms with Gasteiger partial charge >= 0.3 is 5.97 Å². The van der Waals surface area contributed by atoms with Gasteiger partial charge in [0.15, 0.2) is 5.65 Å². The average Bonchev–Trinajstić information content (AvgIpc) is 3.29. The molecule has 4 aromatic rings. The Hall–Kier alpha value is -3.97. The first-order chi connectivity index (χ1) is 17.8. The number of esters is 1. The van der Waals surface area contributed by atoms with Crippen molar-refractivity contribution in [3.63, 3.8) is 0 Å². The minimum Gasteiger partial charge on any atom is -0.425 e. The lowest BCUT2D eigenvalue weighted by molar-refractivity contribution is -0.136. The van der Waals surface area contributed by atoms with Gasteiger partial charge in [-0.3, -0.25) is 9.89 Å². The molecule has 0 radical (unpaired) electrons. The smallest absolute Gasteiger partial charge is 0.328 e. The number of nitrogens with two attached hydrogens (primary N) is 1. The van der Waals surface area contributed by atoms with Gasteiger partial charge in [0.2, 0.25) is 0 Å². The summed E-state index contributed by atoms with van der Waals surface area (Å²) in [5, 5.41) is 3.36. The topological polar surface area (TPSA) is 102 Å². The van der Waals surface area contributed by atoms with Crippen molar-refractivity contribution >= 4 is 17.2 Å². The molecule has 1 aliphatic carbocycles. The van der Waals surface area contributed by atoms with Crippen LogP contribution >= 0.6 is 0 Å². The van der Waals surface area contributed by atoms with Crippen LogP contribution in [0, 0.1) is 12.8 Å². The second-order valence-corrected chi connectivity index (χ2v) is 9.95. The SMILES string of the molecule is Cc1nc2c(C3=CCCCC3)c(-c3ccccc3)[nH]n2c(=O)c1-c1ccc(OC(=O)C(N)C(C)C)cc1.